The molecule has 0 spiro atoms. The van der Waals surface area contributed by atoms with Gasteiger partial charge < -0.3 is 18.9 Å². The Morgan fingerprint density at radius 1 is 1.10 bits per heavy atom. The van der Waals surface area contributed by atoms with Crippen molar-refractivity contribution >= 4 is 5.91 Å². The number of aromatic nitrogens is 3. The lowest BCUT2D eigenvalue weighted by atomic mass is 10.2. The van der Waals surface area contributed by atoms with Crippen molar-refractivity contribution in [1.82, 2.24) is 19.2 Å². The van der Waals surface area contributed by atoms with Crippen molar-refractivity contribution in [3.05, 3.63) is 90.1 Å². The topological polar surface area (TPSA) is 61.5 Å². The van der Waals surface area contributed by atoms with E-state index < -0.39 is 0 Å². The normalized spacial score (nSPS) is 12.2. The minimum absolute atomic E-state index is 0.185. The number of amides is 1. The highest BCUT2D eigenvalue weighted by Gasteiger charge is 2.23. The van der Waals surface area contributed by atoms with Crippen LogP contribution in [0.2, 0.25) is 0 Å². The molecule has 8 heteroatoms. The Morgan fingerprint density at radius 2 is 1.84 bits per heavy atom. The average Bonchev–Trinajstić information content (AvgIpc) is 3.53. The number of ether oxygens (including phenoxy) is 2. The van der Waals surface area contributed by atoms with Crippen LogP contribution in [0.15, 0.2) is 73.2 Å². The number of rotatable bonds is 5. The molecule has 0 unspecified atom stereocenters. The summed E-state index contributed by atoms with van der Waals surface area (Å²) >= 11 is 0. The second-order valence-electron chi connectivity index (χ2n) is 7.21. The highest BCUT2D eigenvalue weighted by atomic mass is 19.1. The summed E-state index contributed by atoms with van der Waals surface area (Å²) in [4.78, 5) is 15.0. The number of nitrogens with zero attached hydrogens (tertiary/aromatic N) is 4. The Kier molecular flexibility index (Phi) is 4.66. The van der Waals surface area contributed by atoms with Gasteiger partial charge in [0.2, 0.25) is 6.79 Å². The molecule has 0 radical (unpaired) electrons. The molecule has 0 saturated heterocycles. The second-order valence-corrected chi connectivity index (χ2v) is 7.21. The summed E-state index contributed by atoms with van der Waals surface area (Å²) in [5, 5.41) is 4.42. The van der Waals surface area contributed by atoms with Crippen LogP contribution in [0.1, 0.15) is 15.9 Å². The molecule has 1 aliphatic rings. The van der Waals surface area contributed by atoms with Crippen LogP contribution in [0.5, 0.6) is 11.5 Å². The molecule has 0 N–H and O–H groups in total. The molecule has 1 amide bonds. The SMILES string of the molecule is CN(Cc1ccc2c(c1)OCO2)C(=O)c1cnn(-c2ccc(F)cc2)c1-n1cccc1. The van der Waals surface area contributed by atoms with Crippen molar-refractivity contribution in [1.29, 1.82) is 0 Å². The Morgan fingerprint density at radius 3 is 2.61 bits per heavy atom. The molecule has 2 aromatic heterocycles. The standard InChI is InChI=1S/C23H19FN4O3/c1-26(14-16-4-9-20-21(12-16)31-15-30-20)23(29)19-13-25-28(18-7-5-17(24)6-8-18)22(19)27-10-2-3-11-27/h2-13H,14-15H2,1H3. The number of carbonyl (C=O) groups is 1. The van der Waals surface area contributed by atoms with E-state index in [1.165, 1.54) is 18.3 Å². The highest BCUT2D eigenvalue weighted by Crippen LogP contribution is 2.33. The van der Waals surface area contributed by atoms with Gasteiger partial charge in [-0.2, -0.15) is 5.10 Å². The predicted molar refractivity (Wildman–Crippen MR) is 111 cm³/mol. The third-order valence-electron chi connectivity index (χ3n) is 5.10. The fourth-order valence-electron chi connectivity index (χ4n) is 3.58. The Bertz CT molecular complexity index is 1230. The molecule has 0 saturated carbocycles. The first-order chi connectivity index (χ1) is 15.1. The quantitative estimate of drug-likeness (QED) is 0.495. The molecule has 1 aliphatic heterocycles. The summed E-state index contributed by atoms with van der Waals surface area (Å²) in [7, 11) is 1.74. The van der Waals surface area contributed by atoms with Crippen molar-refractivity contribution in [2.45, 2.75) is 6.54 Å². The number of hydrogen-bond donors (Lipinski definition) is 0. The first-order valence-electron chi connectivity index (χ1n) is 9.71. The zero-order chi connectivity index (χ0) is 21.4. The second kappa shape index (κ2) is 7.64. The van der Waals surface area contributed by atoms with Gasteiger partial charge in [0, 0.05) is 26.0 Å². The maximum atomic E-state index is 13.4. The van der Waals surface area contributed by atoms with Gasteiger partial charge in [-0.1, -0.05) is 6.07 Å². The summed E-state index contributed by atoms with van der Waals surface area (Å²) < 4.78 is 27.6. The van der Waals surface area contributed by atoms with Crippen LogP contribution < -0.4 is 9.47 Å². The van der Waals surface area contributed by atoms with E-state index in [0.717, 1.165) is 5.56 Å². The molecule has 31 heavy (non-hydrogen) atoms. The third-order valence-corrected chi connectivity index (χ3v) is 5.10. The smallest absolute Gasteiger partial charge is 0.259 e. The van der Waals surface area contributed by atoms with E-state index in [0.29, 0.717) is 35.1 Å². The van der Waals surface area contributed by atoms with Crippen molar-refractivity contribution in [3.63, 3.8) is 0 Å². The number of fused-ring (bicyclic) bond motifs is 1. The first-order valence-corrected chi connectivity index (χ1v) is 9.71. The average molecular weight is 418 g/mol. The van der Waals surface area contributed by atoms with Crippen molar-refractivity contribution in [2.24, 2.45) is 0 Å². The molecular weight excluding hydrogens is 399 g/mol. The lowest BCUT2D eigenvalue weighted by Crippen LogP contribution is -2.27. The van der Waals surface area contributed by atoms with Crippen LogP contribution in [0.3, 0.4) is 0 Å². The minimum Gasteiger partial charge on any atom is -0.454 e. The summed E-state index contributed by atoms with van der Waals surface area (Å²) in [5.74, 6) is 1.44. The van der Waals surface area contributed by atoms with Gasteiger partial charge in [-0.15, -0.1) is 0 Å². The summed E-state index contributed by atoms with van der Waals surface area (Å²) in [6.07, 6.45) is 5.22. The van der Waals surface area contributed by atoms with Crippen LogP contribution in [-0.2, 0) is 6.54 Å². The van der Waals surface area contributed by atoms with Gasteiger partial charge in [0.1, 0.15) is 11.4 Å². The first kappa shape index (κ1) is 18.9. The third kappa shape index (κ3) is 3.52. The molecule has 2 aromatic carbocycles. The van der Waals surface area contributed by atoms with Gasteiger partial charge >= 0.3 is 0 Å². The molecule has 0 aliphatic carbocycles. The van der Waals surface area contributed by atoms with E-state index in [4.69, 9.17) is 9.47 Å². The number of carbonyl (C=O) groups excluding carboxylic acids is 1. The number of benzene rings is 2. The van der Waals surface area contributed by atoms with E-state index in [9.17, 15) is 9.18 Å². The Balaban J connectivity index is 1.47. The van der Waals surface area contributed by atoms with Crippen LogP contribution in [-0.4, -0.2) is 39.0 Å². The summed E-state index contributed by atoms with van der Waals surface area (Å²) in [5.41, 5.74) is 2.01. The van der Waals surface area contributed by atoms with E-state index in [2.05, 4.69) is 5.10 Å². The Labute approximate surface area is 177 Å². The van der Waals surface area contributed by atoms with Crippen LogP contribution >= 0.6 is 0 Å². The molecular formula is C23H19FN4O3. The number of halogens is 1. The van der Waals surface area contributed by atoms with Crippen LogP contribution in [0, 0.1) is 5.82 Å². The van der Waals surface area contributed by atoms with E-state index in [1.807, 2.05) is 47.3 Å². The van der Waals surface area contributed by atoms with E-state index in [-0.39, 0.29) is 18.5 Å². The fourth-order valence-corrected chi connectivity index (χ4v) is 3.58. The van der Waals surface area contributed by atoms with Gasteiger partial charge in [0.15, 0.2) is 17.3 Å². The molecule has 156 valence electrons. The fraction of sp³-hybridized carbons (Fsp3) is 0.130. The van der Waals surface area contributed by atoms with Crippen LogP contribution in [0.4, 0.5) is 4.39 Å². The molecule has 3 heterocycles. The summed E-state index contributed by atoms with van der Waals surface area (Å²) in [6, 6.07) is 15.3. The van der Waals surface area contributed by atoms with Gasteiger partial charge in [-0.3, -0.25) is 4.79 Å². The predicted octanol–water partition coefficient (Wildman–Crippen LogP) is 3.80. The molecule has 7 nitrogen and oxygen atoms in total. The highest BCUT2D eigenvalue weighted by molar-refractivity contribution is 5.97. The maximum Gasteiger partial charge on any atom is 0.259 e. The monoisotopic (exact) mass is 418 g/mol. The number of hydrogen-bond acceptors (Lipinski definition) is 4. The molecule has 4 aromatic rings. The molecule has 0 bridgehead atoms. The van der Waals surface area contributed by atoms with Crippen molar-refractivity contribution in [2.75, 3.05) is 13.8 Å². The lowest BCUT2D eigenvalue weighted by Gasteiger charge is -2.18. The zero-order valence-electron chi connectivity index (χ0n) is 16.7. The van der Waals surface area contributed by atoms with Crippen LogP contribution in [0.25, 0.3) is 11.5 Å². The minimum atomic E-state index is -0.335. The largest absolute Gasteiger partial charge is 0.454 e. The molecule has 5 rings (SSSR count). The van der Waals surface area contributed by atoms with E-state index >= 15 is 0 Å². The molecule has 0 fully saturated rings. The van der Waals surface area contributed by atoms with Crippen molar-refractivity contribution < 1.29 is 18.7 Å². The maximum absolute atomic E-state index is 13.4. The van der Waals surface area contributed by atoms with Gasteiger partial charge in [0.25, 0.3) is 5.91 Å². The van der Waals surface area contributed by atoms with Gasteiger partial charge in [-0.05, 0) is 54.1 Å². The van der Waals surface area contributed by atoms with Gasteiger partial charge in [-0.25, -0.2) is 9.07 Å². The van der Waals surface area contributed by atoms with Gasteiger partial charge in [0.05, 0.1) is 11.9 Å². The Hall–Kier alpha value is -4.07. The zero-order valence-corrected chi connectivity index (χ0v) is 16.7. The summed E-state index contributed by atoms with van der Waals surface area (Å²) in [6.45, 7) is 0.596. The molecule has 0 atom stereocenters. The van der Waals surface area contributed by atoms with Crippen molar-refractivity contribution in [3.8, 4) is 23.0 Å². The lowest BCUT2D eigenvalue weighted by molar-refractivity contribution is 0.0785. The van der Waals surface area contributed by atoms with E-state index in [1.54, 1.807) is 28.8 Å².